The first-order valence-corrected chi connectivity index (χ1v) is 7.92. The Labute approximate surface area is 131 Å². The molecule has 0 atom stereocenters. The average Bonchev–Trinajstić information content (AvgIpc) is 2.85. The van der Waals surface area contributed by atoms with Crippen LogP contribution < -0.4 is 5.32 Å². The van der Waals surface area contributed by atoms with Crippen LogP contribution in [0.25, 0.3) is 0 Å². The number of non-ortho nitro benzene ring substituents is 1. The van der Waals surface area contributed by atoms with E-state index in [-0.39, 0.29) is 18.0 Å². The molecule has 0 spiro atoms. The van der Waals surface area contributed by atoms with Crippen molar-refractivity contribution in [1.29, 1.82) is 0 Å². The smallest absolute Gasteiger partial charge is 0.269 e. The highest BCUT2D eigenvalue weighted by atomic mass is 32.1. The Morgan fingerprint density at radius 1 is 1.36 bits per heavy atom. The Morgan fingerprint density at radius 3 is 2.68 bits per heavy atom. The number of amides is 1. The van der Waals surface area contributed by atoms with Crippen molar-refractivity contribution < 1.29 is 9.72 Å². The van der Waals surface area contributed by atoms with Crippen LogP contribution in [0.5, 0.6) is 0 Å². The second-order valence-corrected chi connectivity index (χ2v) is 6.41. The van der Waals surface area contributed by atoms with Crippen molar-refractivity contribution in [2.24, 2.45) is 0 Å². The molecule has 1 amide bonds. The Hall–Kier alpha value is -2.28. The summed E-state index contributed by atoms with van der Waals surface area (Å²) in [6, 6.07) is 6.00. The topological polar surface area (TPSA) is 85.1 Å². The van der Waals surface area contributed by atoms with Crippen LogP contribution in [0.15, 0.2) is 30.5 Å². The molecule has 1 N–H and O–H groups in total. The summed E-state index contributed by atoms with van der Waals surface area (Å²) < 4.78 is 0. The summed E-state index contributed by atoms with van der Waals surface area (Å²) in [6.45, 7) is 0. The van der Waals surface area contributed by atoms with E-state index in [0.29, 0.717) is 11.0 Å². The van der Waals surface area contributed by atoms with Crippen LogP contribution in [0, 0.1) is 10.1 Å². The number of nitro groups is 1. The molecule has 1 saturated carbocycles. The fourth-order valence-corrected chi connectivity index (χ4v) is 3.31. The standard InChI is InChI=1S/C15H15N3O3S/c19-14(8-10-4-6-12(7-5-10)18(20)21)17-15-16-9-13(22-15)11-2-1-3-11/h4-7,9,11H,1-3,8H2,(H,16,17,19). The quantitative estimate of drug-likeness (QED) is 0.675. The second-order valence-electron chi connectivity index (χ2n) is 5.34. The van der Waals surface area contributed by atoms with Gasteiger partial charge in [0, 0.05) is 23.2 Å². The van der Waals surface area contributed by atoms with Gasteiger partial charge in [0.1, 0.15) is 0 Å². The number of thiazole rings is 1. The Morgan fingerprint density at radius 2 is 2.09 bits per heavy atom. The SMILES string of the molecule is O=C(Cc1ccc([N+](=O)[O-])cc1)Nc1ncc(C2CCC2)s1. The van der Waals surface area contributed by atoms with Crippen molar-refractivity contribution in [1.82, 2.24) is 4.98 Å². The highest BCUT2D eigenvalue weighted by Gasteiger charge is 2.22. The number of anilines is 1. The lowest BCUT2D eigenvalue weighted by molar-refractivity contribution is -0.384. The van der Waals surface area contributed by atoms with Crippen molar-refractivity contribution in [2.75, 3.05) is 5.32 Å². The monoisotopic (exact) mass is 317 g/mol. The molecule has 114 valence electrons. The molecule has 0 aliphatic heterocycles. The molecule has 3 rings (SSSR count). The highest BCUT2D eigenvalue weighted by molar-refractivity contribution is 7.15. The largest absolute Gasteiger partial charge is 0.302 e. The van der Waals surface area contributed by atoms with Crippen molar-refractivity contribution in [3.05, 3.63) is 51.0 Å². The third-order valence-electron chi connectivity index (χ3n) is 3.79. The van der Waals surface area contributed by atoms with Gasteiger partial charge in [-0.3, -0.25) is 14.9 Å². The Balaban J connectivity index is 1.57. The van der Waals surface area contributed by atoms with Gasteiger partial charge in [-0.25, -0.2) is 4.98 Å². The molecule has 1 heterocycles. The summed E-state index contributed by atoms with van der Waals surface area (Å²) in [5.41, 5.74) is 0.757. The van der Waals surface area contributed by atoms with Crippen molar-refractivity contribution in [3.63, 3.8) is 0 Å². The third kappa shape index (κ3) is 3.30. The van der Waals surface area contributed by atoms with E-state index < -0.39 is 4.92 Å². The fraction of sp³-hybridized carbons (Fsp3) is 0.333. The lowest BCUT2D eigenvalue weighted by Crippen LogP contribution is -2.14. The molecule has 0 unspecified atom stereocenters. The van der Waals surface area contributed by atoms with Gasteiger partial charge >= 0.3 is 0 Å². The first-order valence-electron chi connectivity index (χ1n) is 7.11. The molecule has 0 radical (unpaired) electrons. The molecule has 1 aromatic carbocycles. The number of aromatic nitrogens is 1. The molecule has 2 aromatic rings. The number of nitro benzene ring substituents is 1. The minimum absolute atomic E-state index is 0.0224. The molecule has 1 fully saturated rings. The number of nitrogens with one attached hydrogen (secondary N) is 1. The average molecular weight is 317 g/mol. The normalized spacial score (nSPS) is 14.4. The Kier molecular flexibility index (Phi) is 4.15. The van der Waals surface area contributed by atoms with E-state index in [1.807, 2.05) is 6.20 Å². The first kappa shape index (κ1) is 14.6. The number of hydrogen-bond donors (Lipinski definition) is 1. The van der Waals surface area contributed by atoms with Crippen molar-refractivity contribution >= 4 is 28.1 Å². The van der Waals surface area contributed by atoms with Gasteiger partial charge in [-0.1, -0.05) is 18.6 Å². The molecule has 0 bridgehead atoms. The van der Waals surface area contributed by atoms with Crippen LogP contribution in [0.3, 0.4) is 0 Å². The third-order valence-corrected chi connectivity index (χ3v) is 4.86. The first-order chi connectivity index (χ1) is 10.6. The van der Waals surface area contributed by atoms with Gasteiger partial charge in [0.2, 0.25) is 5.91 Å². The van der Waals surface area contributed by atoms with Crippen LogP contribution in [-0.2, 0) is 11.2 Å². The zero-order valence-corrected chi connectivity index (χ0v) is 12.6. The maximum absolute atomic E-state index is 12.0. The van der Waals surface area contributed by atoms with Crippen molar-refractivity contribution in [3.8, 4) is 0 Å². The van der Waals surface area contributed by atoms with Crippen LogP contribution in [0.4, 0.5) is 10.8 Å². The summed E-state index contributed by atoms with van der Waals surface area (Å²) in [4.78, 5) is 27.6. The molecular formula is C15H15N3O3S. The van der Waals surface area contributed by atoms with E-state index in [0.717, 1.165) is 5.56 Å². The number of carbonyl (C=O) groups excluding carboxylic acids is 1. The number of benzene rings is 1. The molecule has 0 saturated heterocycles. The predicted octanol–water partition coefficient (Wildman–Crippen LogP) is 3.50. The van der Waals surface area contributed by atoms with E-state index >= 15 is 0 Å². The molecule has 1 aliphatic rings. The van der Waals surface area contributed by atoms with E-state index in [2.05, 4.69) is 10.3 Å². The van der Waals surface area contributed by atoms with Gasteiger partial charge in [0.05, 0.1) is 11.3 Å². The van der Waals surface area contributed by atoms with E-state index in [4.69, 9.17) is 0 Å². The van der Waals surface area contributed by atoms with Crippen molar-refractivity contribution in [2.45, 2.75) is 31.6 Å². The maximum Gasteiger partial charge on any atom is 0.269 e. The van der Waals surface area contributed by atoms with Crippen LogP contribution >= 0.6 is 11.3 Å². The predicted molar refractivity (Wildman–Crippen MR) is 84.1 cm³/mol. The van der Waals surface area contributed by atoms with Gasteiger partial charge in [0.25, 0.3) is 5.69 Å². The lowest BCUT2D eigenvalue weighted by atomic mass is 9.85. The molecular weight excluding hydrogens is 302 g/mol. The number of rotatable bonds is 5. The van der Waals surface area contributed by atoms with Gasteiger partial charge in [0.15, 0.2) is 5.13 Å². The summed E-state index contributed by atoms with van der Waals surface area (Å²) in [5.74, 6) is 0.446. The molecule has 6 nitrogen and oxygen atoms in total. The molecule has 1 aromatic heterocycles. The zero-order chi connectivity index (χ0) is 15.5. The van der Waals surface area contributed by atoms with Crippen LogP contribution in [0.1, 0.15) is 35.6 Å². The number of nitrogens with zero attached hydrogens (tertiary/aromatic N) is 2. The molecule has 1 aliphatic carbocycles. The molecule has 7 heteroatoms. The highest BCUT2D eigenvalue weighted by Crippen LogP contribution is 2.39. The van der Waals surface area contributed by atoms with E-state index in [1.54, 1.807) is 12.1 Å². The van der Waals surface area contributed by atoms with E-state index in [9.17, 15) is 14.9 Å². The minimum atomic E-state index is -0.457. The molecule has 22 heavy (non-hydrogen) atoms. The van der Waals surface area contributed by atoms with Gasteiger partial charge in [-0.2, -0.15) is 0 Å². The van der Waals surface area contributed by atoms with Crippen LogP contribution in [-0.4, -0.2) is 15.8 Å². The number of carbonyl (C=O) groups is 1. The van der Waals surface area contributed by atoms with Gasteiger partial charge in [-0.05, 0) is 24.3 Å². The summed E-state index contributed by atoms with van der Waals surface area (Å²) in [5, 5.41) is 14.0. The summed E-state index contributed by atoms with van der Waals surface area (Å²) in [7, 11) is 0. The fourth-order valence-electron chi connectivity index (χ4n) is 2.31. The zero-order valence-electron chi connectivity index (χ0n) is 11.8. The van der Waals surface area contributed by atoms with Gasteiger partial charge in [-0.15, -0.1) is 11.3 Å². The van der Waals surface area contributed by atoms with Gasteiger partial charge < -0.3 is 5.32 Å². The van der Waals surface area contributed by atoms with E-state index in [1.165, 1.54) is 47.6 Å². The van der Waals surface area contributed by atoms with Crippen LogP contribution in [0.2, 0.25) is 0 Å². The summed E-state index contributed by atoms with van der Waals surface area (Å²) >= 11 is 1.53. The second kappa shape index (κ2) is 6.23. The minimum Gasteiger partial charge on any atom is -0.302 e. The Bertz CT molecular complexity index is 692. The maximum atomic E-state index is 12.0. The summed E-state index contributed by atoms with van der Waals surface area (Å²) in [6.07, 6.45) is 5.70. The lowest BCUT2D eigenvalue weighted by Gasteiger charge is -2.23. The number of hydrogen-bond acceptors (Lipinski definition) is 5.